The van der Waals surface area contributed by atoms with Crippen LogP contribution in [0.1, 0.15) is 18.4 Å². The molecule has 6 heteroatoms. The second-order valence-electron chi connectivity index (χ2n) is 6.55. The van der Waals surface area contributed by atoms with Crippen molar-refractivity contribution < 1.29 is 9.59 Å². The van der Waals surface area contributed by atoms with Gasteiger partial charge >= 0.3 is 6.03 Å². The fourth-order valence-electron chi connectivity index (χ4n) is 3.06. The molecule has 0 aliphatic carbocycles. The minimum Gasteiger partial charge on any atom is -0.325 e. The number of benzene rings is 2. The number of carbonyl (C=O) groups is 2. The number of carbonyl (C=O) groups excluding carboxylic acids is 2. The van der Waals surface area contributed by atoms with E-state index in [1.54, 1.807) is 4.90 Å². The smallest absolute Gasteiger partial charge is 0.321 e. The minimum absolute atomic E-state index is 0.0493. The molecule has 3 amide bonds. The lowest BCUT2D eigenvalue weighted by Gasteiger charge is -2.32. The Labute approximate surface area is 161 Å². The number of likely N-dealkylation sites (tertiary alicyclic amines) is 1. The van der Waals surface area contributed by atoms with Crippen LogP contribution in [0.25, 0.3) is 0 Å². The predicted octanol–water partition coefficient (Wildman–Crippen LogP) is 4.64. The van der Waals surface area contributed by atoms with Crippen LogP contribution < -0.4 is 10.6 Å². The molecule has 3 rings (SSSR count). The molecule has 0 unspecified atom stereocenters. The van der Waals surface area contributed by atoms with Crippen LogP contribution >= 0.6 is 15.9 Å². The van der Waals surface area contributed by atoms with Crippen LogP contribution in [0, 0.1) is 12.8 Å². The standard InChI is InChI=1S/C20H22BrN3O2/c1-14-9-10-18(17(21)12-14)23-19(25)15-6-5-11-24(13-15)20(26)22-16-7-3-2-4-8-16/h2-4,7-10,12,15H,5-6,11,13H2,1H3,(H,22,26)(H,23,25)/t15-/m1/s1. The van der Waals surface area contributed by atoms with Crippen molar-refractivity contribution in [1.29, 1.82) is 0 Å². The summed E-state index contributed by atoms with van der Waals surface area (Å²) in [6, 6.07) is 15.0. The number of hydrogen-bond acceptors (Lipinski definition) is 2. The number of rotatable bonds is 3. The van der Waals surface area contributed by atoms with Crippen molar-refractivity contribution in [2.75, 3.05) is 23.7 Å². The number of aryl methyl sites for hydroxylation is 1. The normalized spacial score (nSPS) is 16.8. The molecule has 2 aromatic rings. The summed E-state index contributed by atoms with van der Waals surface area (Å²) in [7, 11) is 0. The Morgan fingerprint density at radius 3 is 2.62 bits per heavy atom. The quantitative estimate of drug-likeness (QED) is 0.766. The van der Waals surface area contributed by atoms with E-state index in [1.807, 2.05) is 55.5 Å². The van der Waals surface area contributed by atoms with Crippen molar-refractivity contribution in [2.24, 2.45) is 5.92 Å². The van der Waals surface area contributed by atoms with Crippen LogP contribution in [0.3, 0.4) is 0 Å². The Morgan fingerprint density at radius 1 is 1.12 bits per heavy atom. The van der Waals surface area contributed by atoms with Gasteiger partial charge in [0, 0.05) is 23.2 Å². The van der Waals surface area contributed by atoms with E-state index in [4.69, 9.17) is 0 Å². The topological polar surface area (TPSA) is 61.4 Å². The number of anilines is 2. The highest BCUT2D eigenvalue weighted by atomic mass is 79.9. The van der Waals surface area contributed by atoms with E-state index < -0.39 is 0 Å². The second kappa shape index (κ2) is 8.36. The summed E-state index contributed by atoms with van der Waals surface area (Å²) < 4.78 is 0.861. The van der Waals surface area contributed by atoms with Gasteiger partial charge in [0.05, 0.1) is 11.6 Å². The maximum Gasteiger partial charge on any atom is 0.321 e. The van der Waals surface area contributed by atoms with E-state index >= 15 is 0 Å². The maximum absolute atomic E-state index is 12.6. The number of halogens is 1. The number of para-hydroxylation sites is 1. The van der Waals surface area contributed by atoms with Gasteiger partial charge in [-0.2, -0.15) is 0 Å². The van der Waals surface area contributed by atoms with Crippen molar-refractivity contribution >= 4 is 39.2 Å². The third-order valence-electron chi connectivity index (χ3n) is 4.49. The summed E-state index contributed by atoms with van der Waals surface area (Å²) in [5, 5.41) is 5.86. The fraction of sp³-hybridized carbons (Fsp3) is 0.300. The Kier molecular flexibility index (Phi) is 5.93. The van der Waals surface area contributed by atoms with Gasteiger partial charge in [-0.3, -0.25) is 4.79 Å². The van der Waals surface area contributed by atoms with Crippen molar-refractivity contribution in [2.45, 2.75) is 19.8 Å². The van der Waals surface area contributed by atoms with Crippen LogP contribution in [0.5, 0.6) is 0 Å². The van der Waals surface area contributed by atoms with Gasteiger partial charge in [-0.1, -0.05) is 24.3 Å². The van der Waals surface area contributed by atoms with Gasteiger partial charge in [0.1, 0.15) is 0 Å². The molecule has 1 aliphatic rings. The summed E-state index contributed by atoms with van der Waals surface area (Å²) in [5.41, 5.74) is 2.63. The van der Waals surface area contributed by atoms with Gasteiger partial charge < -0.3 is 15.5 Å². The molecule has 1 aliphatic heterocycles. The number of nitrogens with zero attached hydrogens (tertiary/aromatic N) is 1. The number of hydrogen-bond donors (Lipinski definition) is 2. The number of nitrogens with one attached hydrogen (secondary N) is 2. The van der Waals surface area contributed by atoms with Gasteiger partial charge in [0.2, 0.25) is 5.91 Å². The largest absolute Gasteiger partial charge is 0.325 e. The minimum atomic E-state index is -0.210. The van der Waals surface area contributed by atoms with Crippen LogP contribution in [-0.4, -0.2) is 29.9 Å². The number of urea groups is 1. The lowest BCUT2D eigenvalue weighted by Crippen LogP contribution is -2.45. The van der Waals surface area contributed by atoms with E-state index in [0.29, 0.717) is 13.1 Å². The molecular formula is C20H22BrN3O2. The highest BCUT2D eigenvalue weighted by Crippen LogP contribution is 2.25. The predicted molar refractivity (Wildman–Crippen MR) is 107 cm³/mol. The van der Waals surface area contributed by atoms with Gasteiger partial charge in [-0.25, -0.2) is 4.79 Å². The highest BCUT2D eigenvalue weighted by Gasteiger charge is 2.28. The second-order valence-corrected chi connectivity index (χ2v) is 7.41. The lowest BCUT2D eigenvalue weighted by atomic mass is 9.97. The third kappa shape index (κ3) is 4.64. The third-order valence-corrected chi connectivity index (χ3v) is 5.14. The first-order chi connectivity index (χ1) is 12.5. The van der Waals surface area contributed by atoms with Gasteiger partial charge in [0.15, 0.2) is 0 Å². The van der Waals surface area contributed by atoms with E-state index in [-0.39, 0.29) is 17.9 Å². The lowest BCUT2D eigenvalue weighted by molar-refractivity contribution is -0.121. The molecular weight excluding hydrogens is 394 g/mol. The van der Waals surface area contributed by atoms with E-state index in [1.165, 1.54) is 0 Å². The monoisotopic (exact) mass is 415 g/mol. The van der Waals surface area contributed by atoms with Crippen molar-refractivity contribution in [3.05, 3.63) is 58.6 Å². The molecule has 2 N–H and O–H groups in total. The molecule has 2 aromatic carbocycles. The van der Waals surface area contributed by atoms with Crippen molar-refractivity contribution in [3.63, 3.8) is 0 Å². The van der Waals surface area contributed by atoms with Crippen molar-refractivity contribution in [3.8, 4) is 0 Å². The Hall–Kier alpha value is -2.34. The summed E-state index contributed by atoms with van der Waals surface area (Å²) in [6.45, 7) is 3.09. The zero-order valence-corrected chi connectivity index (χ0v) is 16.3. The van der Waals surface area contributed by atoms with E-state index in [2.05, 4.69) is 26.6 Å². The molecule has 136 valence electrons. The molecule has 26 heavy (non-hydrogen) atoms. The molecule has 1 heterocycles. The van der Waals surface area contributed by atoms with Crippen LogP contribution in [0.4, 0.5) is 16.2 Å². The zero-order valence-electron chi connectivity index (χ0n) is 14.7. The first kappa shape index (κ1) is 18.5. The molecule has 0 saturated carbocycles. The Bertz CT molecular complexity index is 795. The maximum atomic E-state index is 12.6. The van der Waals surface area contributed by atoms with Crippen LogP contribution in [0.2, 0.25) is 0 Å². The molecule has 0 spiro atoms. The molecule has 0 bridgehead atoms. The summed E-state index contributed by atoms with van der Waals surface area (Å²) >= 11 is 3.48. The average molecular weight is 416 g/mol. The zero-order chi connectivity index (χ0) is 18.5. The summed E-state index contributed by atoms with van der Waals surface area (Å²) in [4.78, 5) is 26.8. The molecule has 5 nitrogen and oxygen atoms in total. The van der Waals surface area contributed by atoms with Gasteiger partial charge in [-0.05, 0) is 65.5 Å². The number of amides is 3. The first-order valence-corrected chi connectivity index (χ1v) is 9.50. The Balaban J connectivity index is 1.60. The van der Waals surface area contributed by atoms with E-state index in [0.717, 1.165) is 34.3 Å². The number of piperidine rings is 1. The van der Waals surface area contributed by atoms with Crippen LogP contribution in [-0.2, 0) is 4.79 Å². The molecule has 0 aromatic heterocycles. The molecule has 1 atom stereocenters. The van der Waals surface area contributed by atoms with Crippen LogP contribution in [0.15, 0.2) is 53.0 Å². The average Bonchev–Trinajstić information content (AvgIpc) is 2.65. The van der Waals surface area contributed by atoms with E-state index in [9.17, 15) is 9.59 Å². The SMILES string of the molecule is Cc1ccc(NC(=O)[C@@H]2CCCN(C(=O)Nc3ccccc3)C2)c(Br)c1. The summed E-state index contributed by atoms with van der Waals surface area (Å²) in [6.07, 6.45) is 1.60. The molecule has 1 saturated heterocycles. The summed E-state index contributed by atoms with van der Waals surface area (Å²) in [5.74, 6) is -0.259. The first-order valence-electron chi connectivity index (χ1n) is 8.71. The van der Waals surface area contributed by atoms with Crippen molar-refractivity contribution in [1.82, 2.24) is 4.90 Å². The van der Waals surface area contributed by atoms with Gasteiger partial charge in [-0.15, -0.1) is 0 Å². The van der Waals surface area contributed by atoms with Gasteiger partial charge in [0.25, 0.3) is 0 Å². The highest BCUT2D eigenvalue weighted by molar-refractivity contribution is 9.10. The molecule has 1 fully saturated rings. The molecule has 0 radical (unpaired) electrons. The Morgan fingerprint density at radius 2 is 1.88 bits per heavy atom. The fourth-order valence-corrected chi connectivity index (χ4v) is 3.65.